The van der Waals surface area contributed by atoms with Crippen LogP contribution in [-0.2, 0) is 4.74 Å². The van der Waals surface area contributed by atoms with Gasteiger partial charge in [-0.25, -0.2) is 0 Å². The maximum atomic E-state index is 5.76. The Bertz CT molecular complexity index is 429. The van der Waals surface area contributed by atoms with Gasteiger partial charge in [-0.2, -0.15) is 0 Å². The molecule has 1 heterocycles. The van der Waals surface area contributed by atoms with Gasteiger partial charge in [0.25, 0.3) is 0 Å². The Morgan fingerprint density at radius 2 is 1.82 bits per heavy atom. The number of ether oxygens (including phenoxy) is 2. The normalized spacial score (nSPS) is 17.1. The zero-order chi connectivity index (χ0) is 15.8. The Morgan fingerprint density at radius 3 is 2.55 bits per heavy atom. The highest BCUT2D eigenvalue weighted by molar-refractivity contribution is 5.30. The molecule has 0 unspecified atom stereocenters. The molecule has 0 saturated carbocycles. The van der Waals surface area contributed by atoms with Gasteiger partial charge in [-0.1, -0.05) is 26.0 Å². The number of likely N-dealkylation sites (N-methyl/N-ethyl adjacent to an activating group) is 1. The SMILES string of the molecule is CC(C)c1cccc(OCCOCCN2CCN(C)CC2)c1. The van der Waals surface area contributed by atoms with E-state index >= 15 is 0 Å². The molecule has 22 heavy (non-hydrogen) atoms. The molecular weight excluding hydrogens is 276 g/mol. The van der Waals surface area contributed by atoms with E-state index in [1.165, 1.54) is 5.56 Å². The summed E-state index contributed by atoms with van der Waals surface area (Å²) >= 11 is 0. The lowest BCUT2D eigenvalue weighted by atomic mass is 10.0. The molecule has 4 nitrogen and oxygen atoms in total. The van der Waals surface area contributed by atoms with Crippen LogP contribution in [0.25, 0.3) is 0 Å². The maximum Gasteiger partial charge on any atom is 0.119 e. The van der Waals surface area contributed by atoms with Crippen molar-refractivity contribution in [3.05, 3.63) is 29.8 Å². The van der Waals surface area contributed by atoms with Crippen molar-refractivity contribution in [1.82, 2.24) is 9.80 Å². The van der Waals surface area contributed by atoms with Gasteiger partial charge in [0, 0.05) is 32.7 Å². The molecule has 0 bridgehead atoms. The maximum absolute atomic E-state index is 5.76. The van der Waals surface area contributed by atoms with Gasteiger partial charge in [-0.15, -0.1) is 0 Å². The van der Waals surface area contributed by atoms with Gasteiger partial charge >= 0.3 is 0 Å². The van der Waals surface area contributed by atoms with Crippen molar-refractivity contribution in [1.29, 1.82) is 0 Å². The largest absolute Gasteiger partial charge is 0.491 e. The highest BCUT2D eigenvalue weighted by Crippen LogP contribution is 2.19. The van der Waals surface area contributed by atoms with Crippen LogP contribution in [0.2, 0.25) is 0 Å². The third kappa shape index (κ3) is 5.95. The summed E-state index contributed by atoms with van der Waals surface area (Å²) in [6.45, 7) is 12.1. The molecule has 0 aromatic heterocycles. The molecule has 1 fully saturated rings. The average molecular weight is 306 g/mol. The summed E-state index contributed by atoms with van der Waals surface area (Å²) < 4.78 is 11.4. The molecule has 1 aromatic carbocycles. The fourth-order valence-electron chi connectivity index (χ4n) is 2.55. The summed E-state index contributed by atoms with van der Waals surface area (Å²) in [4.78, 5) is 4.84. The number of rotatable bonds is 8. The van der Waals surface area contributed by atoms with E-state index < -0.39 is 0 Å². The molecule has 124 valence electrons. The van der Waals surface area contributed by atoms with Crippen molar-refractivity contribution in [2.45, 2.75) is 19.8 Å². The Morgan fingerprint density at radius 1 is 1.05 bits per heavy atom. The molecule has 0 amide bonds. The van der Waals surface area contributed by atoms with E-state index in [9.17, 15) is 0 Å². The molecule has 4 heteroatoms. The summed E-state index contributed by atoms with van der Waals surface area (Å²) in [7, 11) is 2.18. The molecule has 0 spiro atoms. The third-order valence-electron chi connectivity index (χ3n) is 4.17. The molecule has 0 radical (unpaired) electrons. The zero-order valence-electron chi connectivity index (χ0n) is 14.3. The fraction of sp³-hybridized carbons (Fsp3) is 0.667. The van der Waals surface area contributed by atoms with Crippen LogP contribution >= 0.6 is 0 Å². The van der Waals surface area contributed by atoms with Crippen LogP contribution in [0.1, 0.15) is 25.3 Å². The standard InChI is InChI=1S/C18H30N2O2/c1-16(2)17-5-4-6-18(15-17)22-14-13-21-12-11-20-9-7-19(3)8-10-20/h4-6,15-16H,7-14H2,1-3H3. The molecule has 0 atom stereocenters. The highest BCUT2D eigenvalue weighted by atomic mass is 16.5. The lowest BCUT2D eigenvalue weighted by molar-refractivity contribution is 0.0658. The first-order chi connectivity index (χ1) is 10.6. The lowest BCUT2D eigenvalue weighted by Gasteiger charge is -2.32. The van der Waals surface area contributed by atoms with Crippen molar-refractivity contribution in [3.8, 4) is 5.75 Å². The van der Waals surface area contributed by atoms with Gasteiger partial charge in [-0.05, 0) is 30.7 Å². The van der Waals surface area contributed by atoms with Gasteiger partial charge in [0.2, 0.25) is 0 Å². The van der Waals surface area contributed by atoms with Crippen LogP contribution in [0.3, 0.4) is 0 Å². The Labute approximate surface area is 135 Å². The quantitative estimate of drug-likeness (QED) is 0.689. The Kier molecular flexibility index (Phi) is 7.16. The Balaban J connectivity index is 1.55. The monoisotopic (exact) mass is 306 g/mol. The van der Waals surface area contributed by atoms with E-state index in [-0.39, 0.29) is 0 Å². The van der Waals surface area contributed by atoms with Crippen molar-refractivity contribution < 1.29 is 9.47 Å². The van der Waals surface area contributed by atoms with E-state index in [4.69, 9.17) is 9.47 Å². The molecule has 1 aromatic rings. The second kappa shape index (κ2) is 9.13. The van der Waals surface area contributed by atoms with E-state index in [1.54, 1.807) is 0 Å². The molecule has 2 rings (SSSR count). The van der Waals surface area contributed by atoms with Crippen LogP contribution in [0.4, 0.5) is 0 Å². The van der Waals surface area contributed by atoms with Crippen LogP contribution in [0, 0.1) is 0 Å². The van der Waals surface area contributed by atoms with Crippen molar-refractivity contribution in [2.24, 2.45) is 0 Å². The number of hydrogen-bond donors (Lipinski definition) is 0. The topological polar surface area (TPSA) is 24.9 Å². The number of piperazine rings is 1. The van der Waals surface area contributed by atoms with E-state index in [1.807, 2.05) is 6.07 Å². The molecule has 1 saturated heterocycles. The average Bonchev–Trinajstić information content (AvgIpc) is 2.52. The van der Waals surface area contributed by atoms with E-state index in [0.29, 0.717) is 19.1 Å². The summed E-state index contributed by atoms with van der Waals surface area (Å²) in [5.74, 6) is 1.47. The van der Waals surface area contributed by atoms with Crippen LogP contribution in [0.15, 0.2) is 24.3 Å². The van der Waals surface area contributed by atoms with Crippen molar-refractivity contribution >= 4 is 0 Å². The fourth-order valence-corrected chi connectivity index (χ4v) is 2.55. The van der Waals surface area contributed by atoms with Crippen molar-refractivity contribution in [2.75, 3.05) is 59.6 Å². The first kappa shape index (κ1) is 17.3. The molecule has 0 aliphatic carbocycles. The number of benzene rings is 1. The minimum atomic E-state index is 0.531. The Hall–Kier alpha value is -1.10. The van der Waals surface area contributed by atoms with E-state index in [0.717, 1.165) is 45.1 Å². The van der Waals surface area contributed by atoms with E-state index in [2.05, 4.69) is 48.9 Å². The molecular formula is C18H30N2O2. The predicted molar refractivity (Wildman–Crippen MR) is 90.8 cm³/mol. The zero-order valence-corrected chi connectivity index (χ0v) is 14.3. The molecule has 1 aliphatic heterocycles. The van der Waals surface area contributed by atoms with Gasteiger partial charge in [0.15, 0.2) is 0 Å². The first-order valence-electron chi connectivity index (χ1n) is 8.36. The van der Waals surface area contributed by atoms with Gasteiger partial charge in [0.05, 0.1) is 13.2 Å². The molecule has 1 aliphatic rings. The predicted octanol–water partition coefficient (Wildman–Crippen LogP) is 2.45. The van der Waals surface area contributed by atoms with Crippen molar-refractivity contribution in [3.63, 3.8) is 0 Å². The van der Waals surface area contributed by atoms with Crippen LogP contribution < -0.4 is 4.74 Å². The number of nitrogens with zero attached hydrogens (tertiary/aromatic N) is 2. The van der Waals surface area contributed by atoms with Gasteiger partial charge in [-0.3, -0.25) is 4.90 Å². The summed E-state index contributed by atoms with van der Waals surface area (Å²) in [6, 6.07) is 8.33. The van der Waals surface area contributed by atoms with Gasteiger partial charge < -0.3 is 14.4 Å². The second-order valence-electron chi connectivity index (χ2n) is 6.33. The van der Waals surface area contributed by atoms with Gasteiger partial charge in [0.1, 0.15) is 12.4 Å². The van der Waals surface area contributed by atoms with Crippen LogP contribution in [0.5, 0.6) is 5.75 Å². The van der Waals surface area contributed by atoms with Crippen LogP contribution in [-0.4, -0.2) is 69.4 Å². The first-order valence-corrected chi connectivity index (χ1v) is 8.36. The third-order valence-corrected chi connectivity index (χ3v) is 4.17. The second-order valence-corrected chi connectivity index (χ2v) is 6.33. The summed E-state index contributed by atoms with van der Waals surface area (Å²) in [5, 5.41) is 0. The lowest BCUT2D eigenvalue weighted by Crippen LogP contribution is -2.45. The molecule has 0 N–H and O–H groups in total. The smallest absolute Gasteiger partial charge is 0.119 e. The minimum Gasteiger partial charge on any atom is -0.491 e. The summed E-state index contributed by atoms with van der Waals surface area (Å²) in [5.41, 5.74) is 1.31. The minimum absolute atomic E-state index is 0.531. The highest BCUT2D eigenvalue weighted by Gasteiger charge is 2.12. The summed E-state index contributed by atoms with van der Waals surface area (Å²) in [6.07, 6.45) is 0. The number of hydrogen-bond acceptors (Lipinski definition) is 4.